The molecule has 4 bridgehead atoms. The zero-order valence-electron chi connectivity index (χ0n) is 22.9. The highest BCUT2D eigenvalue weighted by molar-refractivity contribution is 6.07. The van der Waals surface area contributed by atoms with Crippen LogP contribution < -0.4 is 0 Å². The number of fused-ring (bicyclic) bond motifs is 5. The highest BCUT2D eigenvalue weighted by Gasteiger charge is 2.86. The molecule has 0 aromatic rings. The van der Waals surface area contributed by atoms with Gasteiger partial charge in [-0.2, -0.15) is 0 Å². The van der Waals surface area contributed by atoms with E-state index in [1.165, 1.54) is 0 Å². The van der Waals surface area contributed by atoms with Crippen LogP contribution in [-0.2, 0) is 28.7 Å². The zero-order chi connectivity index (χ0) is 26.5. The van der Waals surface area contributed by atoms with Gasteiger partial charge in [0.05, 0.1) is 12.5 Å². The van der Waals surface area contributed by atoms with E-state index in [0.29, 0.717) is 25.3 Å². The van der Waals surface area contributed by atoms with Gasteiger partial charge in [-0.05, 0) is 62.4 Å². The second kappa shape index (κ2) is 6.82. The summed E-state index contributed by atoms with van der Waals surface area (Å²) in [5.41, 5.74) is -3.81. The van der Waals surface area contributed by atoms with Crippen LogP contribution in [0.2, 0.25) is 0 Å². The fraction of sp³-hybridized carbons (Fsp3) is 0.800. The van der Waals surface area contributed by atoms with Crippen LogP contribution in [0.5, 0.6) is 0 Å². The van der Waals surface area contributed by atoms with Gasteiger partial charge in [-0.3, -0.25) is 19.2 Å². The molecule has 37 heavy (non-hydrogen) atoms. The first-order chi connectivity index (χ1) is 17.2. The Morgan fingerprint density at radius 3 is 2.51 bits per heavy atom. The Bertz CT molecular complexity index is 1210. The number of rotatable bonds is 0. The van der Waals surface area contributed by atoms with Crippen LogP contribution in [0.25, 0.3) is 0 Å². The van der Waals surface area contributed by atoms with Crippen LogP contribution >= 0.6 is 0 Å². The van der Waals surface area contributed by atoms with Gasteiger partial charge in [-0.1, -0.05) is 40.2 Å². The zero-order valence-corrected chi connectivity index (χ0v) is 22.9. The van der Waals surface area contributed by atoms with E-state index in [1.54, 1.807) is 6.08 Å². The first-order valence-electron chi connectivity index (χ1n) is 14.2. The van der Waals surface area contributed by atoms with Gasteiger partial charge in [-0.15, -0.1) is 0 Å². The fourth-order valence-corrected chi connectivity index (χ4v) is 11.0. The van der Waals surface area contributed by atoms with Crippen molar-refractivity contribution in [3.8, 4) is 0 Å². The number of hydrogen-bond acceptors (Lipinski definition) is 7. The number of ether oxygens (including phenoxy) is 2. The summed E-state index contributed by atoms with van der Waals surface area (Å²) in [5.74, 6) is -2.14. The minimum Gasteiger partial charge on any atom is -0.435 e. The summed E-state index contributed by atoms with van der Waals surface area (Å²) in [5, 5.41) is 0. The fourth-order valence-electron chi connectivity index (χ4n) is 11.0. The first kappa shape index (κ1) is 24.2. The molecule has 6 fully saturated rings. The van der Waals surface area contributed by atoms with Crippen molar-refractivity contribution in [2.45, 2.75) is 97.6 Å². The van der Waals surface area contributed by atoms with Crippen LogP contribution in [0.4, 0.5) is 0 Å². The Balaban J connectivity index is 1.50. The maximum absolute atomic E-state index is 15.4. The number of nitrogens with zero attached hydrogens (tertiary/aromatic N) is 1. The molecule has 7 nitrogen and oxygen atoms in total. The third kappa shape index (κ3) is 2.40. The van der Waals surface area contributed by atoms with E-state index in [2.05, 4.69) is 25.7 Å². The van der Waals surface area contributed by atoms with Crippen molar-refractivity contribution in [2.75, 3.05) is 6.54 Å². The molecule has 0 N–H and O–H groups in total. The lowest BCUT2D eigenvalue weighted by Crippen LogP contribution is -2.87. The number of allylic oxidation sites excluding steroid dienone is 2. The van der Waals surface area contributed by atoms with Gasteiger partial charge >= 0.3 is 5.97 Å². The Labute approximate surface area is 218 Å². The van der Waals surface area contributed by atoms with Crippen molar-refractivity contribution < 1.29 is 28.7 Å². The molecule has 7 aliphatic rings. The molecule has 4 aliphatic heterocycles. The molecule has 7 heteroatoms. The van der Waals surface area contributed by atoms with E-state index in [4.69, 9.17) is 9.47 Å². The summed E-state index contributed by atoms with van der Waals surface area (Å²) < 4.78 is 13.1. The lowest BCUT2D eigenvalue weighted by Gasteiger charge is -2.75. The predicted octanol–water partition coefficient (Wildman–Crippen LogP) is 3.84. The average Bonchev–Trinajstić information content (AvgIpc) is 3.08. The summed E-state index contributed by atoms with van der Waals surface area (Å²) in [7, 11) is 0. The SMILES string of the molecule is CC1=CC(=O)[C@@H]2[C@@H](C1)[C@]1(C)C(=O)[C@@]34OC(=O)C[C@@](C)([C@H]1C(=O)[C@@H]2C)[C@]3(C)CC[C@]12C[C@@H](C)C[C@H](CN14)O2. The van der Waals surface area contributed by atoms with Gasteiger partial charge in [0.15, 0.2) is 11.6 Å². The highest BCUT2D eigenvalue weighted by atomic mass is 16.6. The van der Waals surface area contributed by atoms with Gasteiger partial charge in [0, 0.05) is 35.1 Å². The third-order valence-corrected chi connectivity index (χ3v) is 12.5. The Morgan fingerprint density at radius 1 is 1.05 bits per heavy atom. The van der Waals surface area contributed by atoms with Gasteiger partial charge in [-0.25, -0.2) is 4.90 Å². The van der Waals surface area contributed by atoms with Crippen LogP contribution in [0.3, 0.4) is 0 Å². The van der Waals surface area contributed by atoms with E-state index in [1.807, 2.05) is 20.8 Å². The molecule has 4 heterocycles. The summed E-state index contributed by atoms with van der Waals surface area (Å²) in [4.78, 5) is 58.8. The van der Waals surface area contributed by atoms with Crippen LogP contribution in [0.15, 0.2) is 11.6 Å². The summed E-state index contributed by atoms with van der Waals surface area (Å²) in [6, 6.07) is 0. The largest absolute Gasteiger partial charge is 0.435 e. The number of piperidine rings is 1. The summed E-state index contributed by atoms with van der Waals surface area (Å²) in [6.07, 6.45) is 5.50. The molecule has 2 saturated carbocycles. The van der Waals surface area contributed by atoms with Crippen LogP contribution in [0.1, 0.15) is 80.1 Å². The topological polar surface area (TPSA) is 90.0 Å². The standard InChI is InChI=1S/C30H39NO6/c1-15-10-19-22(20(32)11-15)17(3)23(34)24-26(4)13-21(33)37-30(25(35)28(19,24)6)27(26,5)7-8-29-12-16(2)9-18(36-29)14-31(29)30/h11,16-19,22,24H,7-10,12-14H2,1-6H3/t16-,17+,18+,19+,22-,24+,26-,27-,28-,29-,30+/m0/s1. The normalized spacial score (nSPS) is 56.5. The molecule has 7 rings (SSSR count). The summed E-state index contributed by atoms with van der Waals surface area (Å²) in [6.45, 7) is 12.7. The van der Waals surface area contributed by atoms with E-state index >= 15 is 4.79 Å². The molecule has 0 radical (unpaired) electrons. The van der Waals surface area contributed by atoms with E-state index in [9.17, 15) is 14.4 Å². The molecular weight excluding hydrogens is 470 g/mol. The van der Waals surface area contributed by atoms with Gasteiger partial charge < -0.3 is 9.47 Å². The van der Waals surface area contributed by atoms with Gasteiger partial charge in [0.1, 0.15) is 11.5 Å². The Hall–Kier alpha value is -1.86. The molecule has 1 spiro atoms. The molecule has 0 aromatic carbocycles. The molecule has 0 amide bonds. The second-order valence-corrected chi connectivity index (χ2v) is 14.4. The molecule has 0 aromatic heterocycles. The third-order valence-electron chi connectivity index (χ3n) is 12.5. The number of hydrogen-bond donors (Lipinski definition) is 0. The number of carbonyl (C=O) groups excluding carboxylic acids is 4. The minimum absolute atomic E-state index is 0.00659. The maximum atomic E-state index is 15.4. The first-order valence-corrected chi connectivity index (χ1v) is 14.2. The van der Waals surface area contributed by atoms with Crippen molar-refractivity contribution in [1.29, 1.82) is 0 Å². The monoisotopic (exact) mass is 509 g/mol. The van der Waals surface area contributed by atoms with Crippen molar-refractivity contribution in [2.24, 2.45) is 45.8 Å². The molecule has 11 atom stereocenters. The molecule has 3 aliphatic carbocycles. The van der Waals surface area contributed by atoms with E-state index in [0.717, 1.165) is 24.8 Å². The van der Waals surface area contributed by atoms with E-state index < -0.39 is 51.4 Å². The smallest absolute Gasteiger partial charge is 0.308 e. The maximum Gasteiger partial charge on any atom is 0.308 e. The minimum atomic E-state index is -1.50. The number of Topliss-reactive ketones (excluding diaryl/α,β-unsaturated/α-hetero) is 2. The number of carbonyl (C=O) groups is 4. The van der Waals surface area contributed by atoms with Gasteiger partial charge in [0.2, 0.25) is 5.72 Å². The average molecular weight is 510 g/mol. The van der Waals surface area contributed by atoms with E-state index in [-0.39, 0.29) is 35.8 Å². The van der Waals surface area contributed by atoms with Crippen LogP contribution in [-0.4, -0.2) is 52.3 Å². The van der Waals surface area contributed by atoms with Gasteiger partial charge in [0.25, 0.3) is 0 Å². The second-order valence-electron chi connectivity index (χ2n) is 14.4. The molecule has 200 valence electrons. The van der Waals surface area contributed by atoms with Crippen molar-refractivity contribution in [1.82, 2.24) is 4.90 Å². The lowest BCUT2D eigenvalue weighted by atomic mass is 9.32. The quantitative estimate of drug-likeness (QED) is 0.458. The van der Waals surface area contributed by atoms with Crippen molar-refractivity contribution in [3.05, 3.63) is 11.6 Å². The highest BCUT2D eigenvalue weighted by Crippen LogP contribution is 2.76. The Kier molecular flexibility index (Phi) is 4.46. The molecule has 4 saturated heterocycles. The van der Waals surface area contributed by atoms with Crippen LogP contribution in [0, 0.1) is 45.8 Å². The molecular formula is C30H39NO6. The Morgan fingerprint density at radius 2 is 1.78 bits per heavy atom. The predicted molar refractivity (Wildman–Crippen MR) is 133 cm³/mol. The number of ketones is 3. The van der Waals surface area contributed by atoms with Crippen molar-refractivity contribution >= 4 is 23.3 Å². The lowest BCUT2D eigenvalue weighted by molar-refractivity contribution is -0.349. The van der Waals surface area contributed by atoms with Crippen molar-refractivity contribution in [3.63, 3.8) is 0 Å². The summed E-state index contributed by atoms with van der Waals surface area (Å²) >= 11 is 0. The molecule has 0 unspecified atom stereocenters. The number of esters is 1.